The van der Waals surface area contributed by atoms with Crippen molar-refractivity contribution < 1.29 is 19.8 Å². The van der Waals surface area contributed by atoms with Crippen LogP contribution in [0.4, 0.5) is 0 Å². The van der Waals surface area contributed by atoms with Crippen molar-refractivity contribution >= 4 is 11.9 Å². The lowest BCUT2D eigenvalue weighted by molar-refractivity contribution is 0.0640. The number of hydrogen-bond acceptors (Lipinski definition) is 4. The Bertz CT molecular complexity index is 631. The Morgan fingerprint density at radius 3 is 2.32 bits per heavy atom. The van der Waals surface area contributed by atoms with E-state index in [1.807, 2.05) is 31.2 Å². The van der Waals surface area contributed by atoms with Gasteiger partial charge in [-0.15, -0.1) is 5.10 Å². The molecular weight excluding hydrogens is 250 g/mol. The molecule has 1 aromatic heterocycles. The lowest BCUT2D eigenvalue weighted by Gasteiger charge is -2.04. The fraction of sp³-hybridized carbons (Fsp3) is 0.167. The normalized spacial score (nSPS) is 10.4. The first kappa shape index (κ1) is 12.7. The predicted molar refractivity (Wildman–Crippen MR) is 64.2 cm³/mol. The van der Waals surface area contributed by atoms with Gasteiger partial charge in [-0.3, -0.25) is 0 Å². The number of nitrogens with zero attached hydrogens (tertiary/aromatic N) is 3. The Morgan fingerprint density at radius 2 is 1.79 bits per heavy atom. The molecule has 0 aliphatic rings. The second-order valence-electron chi connectivity index (χ2n) is 4.04. The molecule has 2 rings (SSSR count). The zero-order chi connectivity index (χ0) is 14.0. The molecule has 7 nitrogen and oxygen atoms in total. The van der Waals surface area contributed by atoms with E-state index in [2.05, 4.69) is 10.3 Å². The number of aromatic carboxylic acids is 2. The van der Waals surface area contributed by atoms with Crippen molar-refractivity contribution in [2.24, 2.45) is 0 Å². The summed E-state index contributed by atoms with van der Waals surface area (Å²) in [5.41, 5.74) is 0.912. The predicted octanol–water partition coefficient (Wildman–Crippen LogP) is 1.03. The van der Waals surface area contributed by atoms with E-state index < -0.39 is 23.3 Å². The number of aryl methyl sites for hydroxylation is 1. The van der Waals surface area contributed by atoms with Gasteiger partial charge in [0.2, 0.25) is 5.69 Å². The van der Waals surface area contributed by atoms with Gasteiger partial charge in [-0.1, -0.05) is 35.0 Å². The SMILES string of the molecule is Cc1ccc(Cn2nnc(C(=O)O)c2C(=O)O)cc1. The van der Waals surface area contributed by atoms with Crippen molar-refractivity contribution in [1.29, 1.82) is 0 Å². The Hall–Kier alpha value is -2.70. The quantitative estimate of drug-likeness (QED) is 0.851. The Labute approximate surface area is 108 Å². The summed E-state index contributed by atoms with van der Waals surface area (Å²) < 4.78 is 1.07. The van der Waals surface area contributed by atoms with Crippen LogP contribution in [-0.4, -0.2) is 37.1 Å². The van der Waals surface area contributed by atoms with Crippen molar-refractivity contribution in [3.63, 3.8) is 0 Å². The van der Waals surface area contributed by atoms with Gasteiger partial charge < -0.3 is 10.2 Å². The molecule has 2 aromatic rings. The smallest absolute Gasteiger partial charge is 0.359 e. The molecule has 0 saturated heterocycles. The molecule has 0 unspecified atom stereocenters. The Kier molecular flexibility index (Phi) is 3.28. The lowest BCUT2D eigenvalue weighted by atomic mass is 10.1. The molecule has 0 amide bonds. The van der Waals surface area contributed by atoms with Crippen LogP contribution in [0.1, 0.15) is 32.1 Å². The maximum Gasteiger partial charge on any atom is 0.359 e. The summed E-state index contributed by atoms with van der Waals surface area (Å²) in [5.74, 6) is -2.78. The second kappa shape index (κ2) is 4.89. The Morgan fingerprint density at radius 1 is 1.16 bits per heavy atom. The largest absolute Gasteiger partial charge is 0.476 e. The van der Waals surface area contributed by atoms with E-state index in [-0.39, 0.29) is 6.54 Å². The van der Waals surface area contributed by atoms with Gasteiger partial charge in [-0.05, 0) is 12.5 Å². The number of carboxylic acid groups (broad SMARTS) is 2. The number of benzene rings is 1. The van der Waals surface area contributed by atoms with Gasteiger partial charge in [0.25, 0.3) is 0 Å². The van der Waals surface area contributed by atoms with E-state index in [4.69, 9.17) is 10.2 Å². The maximum absolute atomic E-state index is 11.1. The third-order valence-electron chi connectivity index (χ3n) is 2.59. The molecule has 2 N–H and O–H groups in total. The molecular formula is C12H11N3O4. The van der Waals surface area contributed by atoms with Crippen LogP contribution in [0.5, 0.6) is 0 Å². The van der Waals surface area contributed by atoms with E-state index >= 15 is 0 Å². The highest BCUT2D eigenvalue weighted by Crippen LogP contribution is 2.10. The number of aromatic nitrogens is 3. The van der Waals surface area contributed by atoms with Gasteiger partial charge in [-0.2, -0.15) is 0 Å². The van der Waals surface area contributed by atoms with E-state index in [0.29, 0.717) is 0 Å². The zero-order valence-electron chi connectivity index (χ0n) is 10.1. The van der Waals surface area contributed by atoms with Crippen molar-refractivity contribution in [2.75, 3.05) is 0 Å². The molecule has 0 bridgehead atoms. The van der Waals surface area contributed by atoms with Crippen LogP contribution in [0.25, 0.3) is 0 Å². The molecule has 0 fully saturated rings. The van der Waals surface area contributed by atoms with Gasteiger partial charge in [-0.25, -0.2) is 14.3 Å². The molecule has 19 heavy (non-hydrogen) atoms. The van der Waals surface area contributed by atoms with Crippen LogP contribution in [0.2, 0.25) is 0 Å². The summed E-state index contributed by atoms with van der Waals surface area (Å²) in [6.45, 7) is 2.09. The van der Waals surface area contributed by atoms with Crippen LogP contribution in [0, 0.1) is 6.92 Å². The van der Waals surface area contributed by atoms with E-state index in [0.717, 1.165) is 15.8 Å². The molecule has 0 aliphatic carbocycles. The summed E-state index contributed by atoms with van der Waals surface area (Å²) in [6, 6.07) is 7.40. The number of rotatable bonds is 4. The fourth-order valence-electron chi connectivity index (χ4n) is 1.65. The summed E-state index contributed by atoms with van der Waals surface area (Å²) in [7, 11) is 0. The maximum atomic E-state index is 11.1. The first-order chi connectivity index (χ1) is 8.99. The molecule has 1 heterocycles. The van der Waals surface area contributed by atoms with Gasteiger partial charge in [0, 0.05) is 0 Å². The van der Waals surface area contributed by atoms with Crippen molar-refractivity contribution in [1.82, 2.24) is 15.0 Å². The number of carboxylic acids is 2. The third-order valence-corrected chi connectivity index (χ3v) is 2.59. The van der Waals surface area contributed by atoms with Crippen molar-refractivity contribution in [3.8, 4) is 0 Å². The van der Waals surface area contributed by atoms with Gasteiger partial charge >= 0.3 is 11.9 Å². The van der Waals surface area contributed by atoms with Crippen molar-refractivity contribution in [3.05, 3.63) is 46.8 Å². The minimum absolute atomic E-state index is 0.155. The highest BCUT2D eigenvalue weighted by Gasteiger charge is 2.24. The Balaban J connectivity index is 2.37. The summed E-state index contributed by atoms with van der Waals surface area (Å²) in [6.07, 6.45) is 0. The first-order valence-corrected chi connectivity index (χ1v) is 5.44. The van der Waals surface area contributed by atoms with Crippen LogP contribution in [-0.2, 0) is 6.54 Å². The minimum Gasteiger partial charge on any atom is -0.476 e. The zero-order valence-corrected chi connectivity index (χ0v) is 10.1. The fourth-order valence-corrected chi connectivity index (χ4v) is 1.65. The molecule has 0 atom stereocenters. The highest BCUT2D eigenvalue weighted by atomic mass is 16.4. The van der Waals surface area contributed by atoms with E-state index in [1.54, 1.807) is 0 Å². The topological polar surface area (TPSA) is 105 Å². The van der Waals surface area contributed by atoms with Crippen LogP contribution >= 0.6 is 0 Å². The number of carbonyl (C=O) groups is 2. The van der Waals surface area contributed by atoms with Gasteiger partial charge in [0.1, 0.15) is 0 Å². The third kappa shape index (κ3) is 2.59. The molecule has 98 valence electrons. The van der Waals surface area contributed by atoms with Crippen LogP contribution in [0.3, 0.4) is 0 Å². The monoisotopic (exact) mass is 261 g/mol. The summed E-state index contributed by atoms with van der Waals surface area (Å²) in [4.78, 5) is 21.9. The molecule has 0 spiro atoms. The lowest BCUT2D eigenvalue weighted by Crippen LogP contribution is -2.14. The number of hydrogen-bond donors (Lipinski definition) is 2. The first-order valence-electron chi connectivity index (χ1n) is 5.44. The standard InChI is InChI=1S/C12H11N3O4/c1-7-2-4-8(5-3-7)6-15-10(12(18)19)9(11(16)17)13-14-15/h2-5H,6H2,1H3,(H,16,17)(H,18,19). The van der Waals surface area contributed by atoms with Crippen LogP contribution < -0.4 is 0 Å². The van der Waals surface area contributed by atoms with E-state index in [9.17, 15) is 9.59 Å². The summed E-state index contributed by atoms with van der Waals surface area (Å²) in [5, 5.41) is 24.9. The molecule has 0 aliphatic heterocycles. The summed E-state index contributed by atoms with van der Waals surface area (Å²) >= 11 is 0. The van der Waals surface area contributed by atoms with Crippen molar-refractivity contribution in [2.45, 2.75) is 13.5 Å². The minimum atomic E-state index is -1.41. The average molecular weight is 261 g/mol. The molecule has 7 heteroatoms. The van der Waals surface area contributed by atoms with Crippen LogP contribution in [0.15, 0.2) is 24.3 Å². The van der Waals surface area contributed by atoms with E-state index in [1.165, 1.54) is 0 Å². The van der Waals surface area contributed by atoms with Gasteiger partial charge in [0.05, 0.1) is 6.54 Å². The van der Waals surface area contributed by atoms with Gasteiger partial charge in [0.15, 0.2) is 5.69 Å². The highest BCUT2D eigenvalue weighted by molar-refractivity contribution is 5.98. The molecule has 1 aromatic carbocycles. The average Bonchev–Trinajstić information content (AvgIpc) is 2.76. The molecule has 0 radical (unpaired) electrons. The molecule has 0 saturated carbocycles. The second-order valence-corrected chi connectivity index (χ2v) is 4.04.